The summed E-state index contributed by atoms with van der Waals surface area (Å²) in [5, 5.41) is 21.2. The highest BCUT2D eigenvalue weighted by molar-refractivity contribution is 7.98. The van der Waals surface area contributed by atoms with Gasteiger partial charge in [-0.2, -0.15) is 4.68 Å². The van der Waals surface area contributed by atoms with E-state index >= 15 is 0 Å². The molecule has 7 nitrogen and oxygen atoms in total. The number of hydrogen-bond donors (Lipinski definition) is 0. The number of hydrogen-bond acceptors (Lipinski definition) is 8. The number of aryl methyl sites for hydroxylation is 4. The predicted octanol–water partition coefficient (Wildman–Crippen LogP) is 4.55. The molecular formula is C19H20N6OS2. The Morgan fingerprint density at radius 2 is 1.93 bits per heavy atom. The fourth-order valence-electron chi connectivity index (χ4n) is 2.98. The molecule has 4 aromatic rings. The van der Waals surface area contributed by atoms with Crippen molar-refractivity contribution in [1.29, 1.82) is 0 Å². The van der Waals surface area contributed by atoms with Crippen molar-refractivity contribution in [2.24, 2.45) is 0 Å². The van der Waals surface area contributed by atoms with Gasteiger partial charge in [0.05, 0.1) is 16.3 Å². The monoisotopic (exact) mass is 412 g/mol. The van der Waals surface area contributed by atoms with E-state index in [0.29, 0.717) is 22.7 Å². The second-order valence-electron chi connectivity index (χ2n) is 6.52. The van der Waals surface area contributed by atoms with E-state index in [9.17, 15) is 0 Å². The Labute approximate surface area is 171 Å². The van der Waals surface area contributed by atoms with Crippen LogP contribution < -0.4 is 0 Å². The van der Waals surface area contributed by atoms with Crippen LogP contribution in [0.25, 0.3) is 16.5 Å². The Balaban J connectivity index is 1.50. The van der Waals surface area contributed by atoms with Gasteiger partial charge in [-0.05, 0) is 60.9 Å². The van der Waals surface area contributed by atoms with Crippen LogP contribution in [0.4, 0.5) is 0 Å². The summed E-state index contributed by atoms with van der Waals surface area (Å²) in [5.41, 5.74) is 4.56. The van der Waals surface area contributed by atoms with Crippen LogP contribution in [0.15, 0.2) is 33.8 Å². The Morgan fingerprint density at radius 3 is 2.68 bits per heavy atom. The summed E-state index contributed by atoms with van der Waals surface area (Å²) in [6.07, 6.45) is 1.01. The summed E-state index contributed by atoms with van der Waals surface area (Å²) in [6, 6.07) is 8.30. The van der Waals surface area contributed by atoms with Crippen molar-refractivity contribution in [3.05, 3.63) is 51.7 Å². The molecule has 0 aliphatic rings. The van der Waals surface area contributed by atoms with Crippen molar-refractivity contribution < 1.29 is 4.42 Å². The highest BCUT2D eigenvalue weighted by atomic mass is 32.2. The number of thiophene rings is 1. The third kappa shape index (κ3) is 3.72. The molecule has 0 spiro atoms. The van der Waals surface area contributed by atoms with Gasteiger partial charge in [-0.25, -0.2) is 0 Å². The van der Waals surface area contributed by atoms with Crippen molar-refractivity contribution in [3.63, 3.8) is 0 Å². The van der Waals surface area contributed by atoms with E-state index in [1.165, 1.54) is 27.8 Å². The zero-order valence-corrected chi connectivity index (χ0v) is 17.8. The van der Waals surface area contributed by atoms with E-state index in [0.717, 1.165) is 22.5 Å². The highest BCUT2D eigenvalue weighted by Gasteiger charge is 2.16. The van der Waals surface area contributed by atoms with E-state index in [1.807, 2.05) is 6.07 Å². The van der Waals surface area contributed by atoms with Crippen molar-refractivity contribution in [1.82, 2.24) is 30.4 Å². The largest absolute Gasteiger partial charge is 0.419 e. The normalized spacial score (nSPS) is 11.3. The molecule has 1 aromatic carbocycles. The topological polar surface area (TPSA) is 82.5 Å². The molecule has 0 N–H and O–H groups in total. The van der Waals surface area contributed by atoms with Gasteiger partial charge < -0.3 is 4.42 Å². The third-order valence-corrected chi connectivity index (χ3v) is 6.64. The smallest absolute Gasteiger partial charge is 0.257 e. The summed E-state index contributed by atoms with van der Waals surface area (Å²) >= 11 is 3.17. The molecule has 0 saturated heterocycles. The summed E-state index contributed by atoms with van der Waals surface area (Å²) in [7, 11) is 0. The number of benzene rings is 1. The second kappa shape index (κ2) is 7.84. The lowest BCUT2D eigenvalue weighted by Gasteiger charge is -2.07. The maximum atomic E-state index is 5.86. The molecule has 0 bridgehead atoms. The van der Waals surface area contributed by atoms with Crippen molar-refractivity contribution in [2.75, 3.05) is 0 Å². The van der Waals surface area contributed by atoms with E-state index < -0.39 is 0 Å². The second-order valence-corrected chi connectivity index (χ2v) is 8.60. The first-order valence-corrected chi connectivity index (χ1v) is 10.8. The molecule has 0 fully saturated rings. The SMILES string of the molecule is CCc1sc(-c2nnc(CSc3nnnn3-c3ccc(C)cc3C)o2)cc1C. The van der Waals surface area contributed by atoms with Crippen LogP contribution in [0.3, 0.4) is 0 Å². The van der Waals surface area contributed by atoms with Gasteiger partial charge in [0, 0.05) is 4.88 Å². The third-order valence-electron chi connectivity index (χ3n) is 4.37. The van der Waals surface area contributed by atoms with Crippen LogP contribution in [0.1, 0.15) is 34.4 Å². The lowest BCUT2D eigenvalue weighted by molar-refractivity contribution is 0.529. The minimum absolute atomic E-state index is 0.503. The fraction of sp³-hybridized carbons (Fsp3) is 0.316. The van der Waals surface area contributed by atoms with E-state index in [-0.39, 0.29) is 0 Å². The van der Waals surface area contributed by atoms with E-state index in [2.05, 4.69) is 71.6 Å². The number of nitrogens with zero attached hydrogens (tertiary/aromatic N) is 6. The fourth-order valence-corrected chi connectivity index (χ4v) is 4.73. The number of aromatic nitrogens is 6. The Bertz CT molecular complexity index is 1110. The molecule has 0 unspecified atom stereocenters. The van der Waals surface area contributed by atoms with Crippen molar-refractivity contribution >= 4 is 23.1 Å². The van der Waals surface area contributed by atoms with Crippen LogP contribution in [0.5, 0.6) is 0 Å². The quantitative estimate of drug-likeness (QED) is 0.430. The van der Waals surface area contributed by atoms with Gasteiger partial charge in [0.1, 0.15) is 0 Å². The molecule has 28 heavy (non-hydrogen) atoms. The maximum absolute atomic E-state index is 5.86. The number of rotatable bonds is 6. The molecule has 0 saturated carbocycles. The first-order chi connectivity index (χ1) is 13.5. The maximum Gasteiger partial charge on any atom is 0.257 e. The zero-order chi connectivity index (χ0) is 19.7. The average Bonchev–Trinajstić information content (AvgIpc) is 3.39. The van der Waals surface area contributed by atoms with Gasteiger partial charge in [-0.15, -0.1) is 26.6 Å². The summed E-state index contributed by atoms with van der Waals surface area (Å²) in [5.74, 6) is 1.63. The molecule has 0 radical (unpaired) electrons. The van der Waals surface area contributed by atoms with Gasteiger partial charge in [-0.3, -0.25) is 0 Å². The first kappa shape index (κ1) is 18.8. The van der Waals surface area contributed by atoms with Gasteiger partial charge >= 0.3 is 0 Å². The number of thioether (sulfide) groups is 1. The zero-order valence-electron chi connectivity index (χ0n) is 16.1. The minimum Gasteiger partial charge on any atom is -0.419 e. The van der Waals surface area contributed by atoms with E-state index in [4.69, 9.17) is 4.42 Å². The van der Waals surface area contributed by atoms with Crippen LogP contribution in [0.2, 0.25) is 0 Å². The standard InChI is InChI=1S/C19H20N6OS2/c1-5-15-13(4)9-16(28-15)18-21-20-17(26-18)10-27-19-22-23-24-25(19)14-7-6-11(2)8-12(14)3/h6-9H,5,10H2,1-4H3. The molecule has 0 atom stereocenters. The summed E-state index contributed by atoms with van der Waals surface area (Å²) < 4.78 is 7.60. The van der Waals surface area contributed by atoms with Gasteiger partial charge in [-0.1, -0.05) is 36.4 Å². The molecule has 144 valence electrons. The Morgan fingerprint density at radius 1 is 1.07 bits per heavy atom. The van der Waals surface area contributed by atoms with Crippen LogP contribution in [0, 0.1) is 20.8 Å². The molecule has 0 aliphatic heterocycles. The van der Waals surface area contributed by atoms with Crippen molar-refractivity contribution in [2.45, 2.75) is 45.0 Å². The first-order valence-electron chi connectivity index (χ1n) is 8.96. The lowest BCUT2D eigenvalue weighted by Crippen LogP contribution is -2.02. The summed E-state index contributed by atoms with van der Waals surface area (Å²) in [4.78, 5) is 2.36. The minimum atomic E-state index is 0.503. The highest BCUT2D eigenvalue weighted by Crippen LogP contribution is 2.31. The van der Waals surface area contributed by atoms with Crippen LogP contribution in [-0.2, 0) is 12.2 Å². The molecule has 3 heterocycles. The van der Waals surface area contributed by atoms with Gasteiger partial charge in [0.15, 0.2) is 0 Å². The number of tetrazole rings is 1. The Kier molecular flexibility index (Phi) is 5.27. The molecule has 0 aliphatic carbocycles. The van der Waals surface area contributed by atoms with Crippen LogP contribution >= 0.6 is 23.1 Å². The van der Waals surface area contributed by atoms with Gasteiger partial charge in [0.25, 0.3) is 5.89 Å². The van der Waals surface area contributed by atoms with Gasteiger partial charge in [0.2, 0.25) is 11.0 Å². The summed E-state index contributed by atoms with van der Waals surface area (Å²) in [6.45, 7) is 8.38. The van der Waals surface area contributed by atoms with E-state index in [1.54, 1.807) is 16.0 Å². The molecule has 4 rings (SSSR count). The Hall–Kier alpha value is -2.52. The van der Waals surface area contributed by atoms with Crippen LogP contribution in [-0.4, -0.2) is 30.4 Å². The molecule has 9 heteroatoms. The molecule has 0 amide bonds. The molecule has 3 aromatic heterocycles. The average molecular weight is 413 g/mol. The molecular weight excluding hydrogens is 392 g/mol. The lowest BCUT2D eigenvalue weighted by atomic mass is 10.1. The predicted molar refractivity (Wildman–Crippen MR) is 110 cm³/mol. The van der Waals surface area contributed by atoms with Crippen molar-refractivity contribution in [3.8, 4) is 16.5 Å².